The van der Waals surface area contributed by atoms with Gasteiger partial charge in [-0.05, 0) is 12.1 Å². The first-order valence-electron chi connectivity index (χ1n) is 5.46. The molecule has 1 rings (SSSR count). The Balaban J connectivity index is 2.54. The quantitative estimate of drug-likeness (QED) is 0.683. The Morgan fingerprint density at radius 3 is 2.68 bits per heavy atom. The van der Waals surface area contributed by atoms with E-state index in [2.05, 4.69) is 10.6 Å². The molecule has 7 heteroatoms. The Kier molecular flexibility index (Phi) is 5.34. The molecule has 0 aliphatic heterocycles. The minimum absolute atomic E-state index is 0.129. The lowest BCUT2D eigenvalue weighted by Crippen LogP contribution is -2.31. The van der Waals surface area contributed by atoms with Crippen molar-refractivity contribution in [1.29, 1.82) is 0 Å². The number of aliphatic carboxylic acids is 1. The molecule has 0 aliphatic carbocycles. The Bertz CT molecular complexity index is 487. The summed E-state index contributed by atoms with van der Waals surface area (Å²) >= 11 is 0. The third-order valence-electron chi connectivity index (χ3n) is 1.98. The predicted octanol–water partition coefficient (Wildman–Crippen LogP) is 0.225. The summed E-state index contributed by atoms with van der Waals surface area (Å²) in [6, 6.07) is 6.31. The second-order valence-corrected chi connectivity index (χ2v) is 3.67. The molecule has 0 saturated carbocycles. The highest BCUT2D eigenvalue weighted by Crippen LogP contribution is 2.17. The van der Waals surface area contributed by atoms with E-state index in [0.29, 0.717) is 11.4 Å². The number of amides is 2. The van der Waals surface area contributed by atoms with Crippen molar-refractivity contribution in [2.75, 3.05) is 18.5 Å². The zero-order valence-electron chi connectivity index (χ0n) is 10.3. The molecule has 0 atom stereocenters. The van der Waals surface area contributed by atoms with Gasteiger partial charge in [-0.3, -0.25) is 9.59 Å². The average molecular weight is 266 g/mol. The van der Waals surface area contributed by atoms with Gasteiger partial charge < -0.3 is 20.5 Å². The van der Waals surface area contributed by atoms with Crippen LogP contribution in [0.4, 0.5) is 5.69 Å². The Morgan fingerprint density at radius 1 is 1.32 bits per heavy atom. The van der Waals surface area contributed by atoms with E-state index in [0.717, 1.165) is 0 Å². The van der Waals surface area contributed by atoms with Gasteiger partial charge in [-0.1, -0.05) is 6.07 Å². The van der Waals surface area contributed by atoms with E-state index in [-0.39, 0.29) is 18.4 Å². The van der Waals surface area contributed by atoms with Crippen molar-refractivity contribution in [3.8, 4) is 5.75 Å². The van der Waals surface area contributed by atoms with Crippen LogP contribution in [-0.2, 0) is 14.4 Å². The maximum Gasteiger partial charge on any atom is 0.341 e. The average Bonchev–Trinajstić information content (AvgIpc) is 2.34. The third kappa shape index (κ3) is 6.06. The fourth-order valence-electron chi connectivity index (χ4n) is 1.22. The van der Waals surface area contributed by atoms with Crippen LogP contribution >= 0.6 is 0 Å². The van der Waals surface area contributed by atoms with Gasteiger partial charge in [0.05, 0.1) is 6.54 Å². The first-order valence-corrected chi connectivity index (χ1v) is 5.46. The minimum Gasteiger partial charge on any atom is -0.482 e. The number of hydrogen-bond donors (Lipinski definition) is 3. The van der Waals surface area contributed by atoms with Gasteiger partial charge >= 0.3 is 5.97 Å². The molecule has 3 N–H and O–H groups in total. The third-order valence-corrected chi connectivity index (χ3v) is 1.98. The SMILES string of the molecule is CC(=O)NCC(=O)Nc1cccc(OCC(=O)O)c1. The lowest BCUT2D eigenvalue weighted by molar-refractivity contribution is -0.139. The summed E-state index contributed by atoms with van der Waals surface area (Å²) in [4.78, 5) is 32.4. The van der Waals surface area contributed by atoms with Gasteiger partial charge in [0, 0.05) is 18.7 Å². The van der Waals surface area contributed by atoms with Crippen LogP contribution in [-0.4, -0.2) is 36.0 Å². The van der Waals surface area contributed by atoms with Crippen molar-refractivity contribution >= 4 is 23.5 Å². The number of rotatable bonds is 6. The Hall–Kier alpha value is -2.57. The molecular formula is C12H14N2O5. The van der Waals surface area contributed by atoms with E-state index in [4.69, 9.17) is 9.84 Å². The molecule has 7 nitrogen and oxygen atoms in total. The predicted molar refractivity (Wildman–Crippen MR) is 66.9 cm³/mol. The number of anilines is 1. The fraction of sp³-hybridized carbons (Fsp3) is 0.250. The Labute approximate surface area is 109 Å². The lowest BCUT2D eigenvalue weighted by atomic mass is 10.3. The second-order valence-electron chi connectivity index (χ2n) is 3.67. The first kappa shape index (κ1) is 14.5. The number of carboxylic acid groups (broad SMARTS) is 1. The van der Waals surface area contributed by atoms with Crippen LogP contribution < -0.4 is 15.4 Å². The molecule has 0 saturated heterocycles. The standard InChI is InChI=1S/C12H14N2O5/c1-8(15)13-6-11(16)14-9-3-2-4-10(5-9)19-7-12(17)18/h2-5H,6-7H2,1H3,(H,13,15)(H,14,16)(H,17,18). The zero-order valence-corrected chi connectivity index (χ0v) is 10.3. The smallest absolute Gasteiger partial charge is 0.341 e. The molecule has 0 aromatic heterocycles. The summed E-state index contributed by atoms with van der Waals surface area (Å²) in [5.74, 6) is -1.43. The van der Waals surface area contributed by atoms with Gasteiger partial charge in [0.1, 0.15) is 5.75 Å². The summed E-state index contributed by atoms with van der Waals surface area (Å²) < 4.78 is 4.97. The van der Waals surface area contributed by atoms with E-state index in [1.807, 2.05) is 0 Å². The number of carbonyl (C=O) groups is 3. The highest BCUT2D eigenvalue weighted by Gasteiger charge is 2.05. The van der Waals surface area contributed by atoms with Crippen molar-refractivity contribution in [3.05, 3.63) is 24.3 Å². The van der Waals surface area contributed by atoms with E-state index >= 15 is 0 Å². The molecule has 1 aromatic carbocycles. The normalized spacial score (nSPS) is 9.53. The monoisotopic (exact) mass is 266 g/mol. The maximum absolute atomic E-state index is 11.4. The molecule has 19 heavy (non-hydrogen) atoms. The molecule has 0 bridgehead atoms. The molecule has 0 fully saturated rings. The summed E-state index contributed by atoms with van der Waals surface area (Å²) in [6.45, 7) is 0.729. The zero-order chi connectivity index (χ0) is 14.3. The number of hydrogen-bond acceptors (Lipinski definition) is 4. The van der Waals surface area contributed by atoms with Crippen molar-refractivity contribution in [2.24, 2.45) is 0 Å². The van der Waals surface area contributed by atoms with E-state index in [1.54, 1.807) is 18.2 Å². The molecule has 102 valence electrons. The molecule has 0 spiro atoms. The van der Waals surface area contributed by atoms with Crippen LogP contribution in [0, 0.1) is 0 Å². The second kappa shape index (κ2) is 7.00. The van der Waals surface area contributed by atoms with Crippen LogP contribution in [0.1, 0.15) is 6.92 Å². The summed E-state index contributed by atoms with van der Waals surface area (Å²) in [5.41, 5.74) is 0.457. The van der Waals surface area contributed by atoms with Crippen LogP contribution in [0.5, 0.6) is 5.75 Å². The van der Waals surface area contributed by atoms with Crippen molar-refractivity contribution in [1.82, 2.24) is 5.32 Å². The topological polar surface area (TPSA) is 105 Å². The molecule has 0 radical (unpaired) electrons. The molecule has 0 heterocycles. The number of carbonyl (C=O) groups excluding carboxylic acids is 2. The first-order chi connectivity index (χ1) is 8.97. The molecule has 0 aliphatic rings. The maximum atomic E-state index is 11.4. The summed E-state index contributed by atoms with van der Waals surface area (Å²) in [7, 11) is 0. The summed E-state index contributed by atoms with van der Waals surface area (Å²) in [5, 5.41) is 13.4. The van der Waals surface area contributed by atoms with E-state index in [1.165, 1.54) is 13.0 Å². The van der Waals surface area contributed by atoms with Crippen LogP contribution in [0.15, 0.2) is 24.3 Å². The van der Waals surface area contributed by atoms with E-state index < -0.39 is 12.6 Å². The minimum atomic E-state index is -1.08. The van der Waals surface area contributed by atoms with Crippen LogP contribution in [0.3, 0.4) is 0 Å². The van der Waals surface area contributed by atoms with Gasteiger partial charge in [0.25, 0.3) is 0 Å². The lowest BCUT2D eigenvalue weighted by Gasteiger charge is -2.08. The van der Waals surface area contributed by atoms with E-state index in [9.17, 15) is 14.4 Å². The molecule has 1 aromatic rings. The summed E-state index contributed by atoms with van der Waals surface area (Å²) in [6.07, 6.45) is 0. The highest BCUT2D eigenvalue weighted by molar-refractivity contribution is 5.94. The number of carboxylic acids is 1. The van der Waals surface area contributed by atoms with Crippen LogP contribution in [0.25, 0.3) is 0 Å². The van der Waals surface area contributed by atoms with Crippen molar-refractivity contribution < 1.29 is 24.2 Å². The Morgan fingerprint density at radius 2 is 2.05 bits per heavy atom. The number of ether oxygens (including phenoxy) is 1. The molecular weight excluding hydrogens is 252 g/mol. The van der Waals surface area contributed by atoms with Gasteiger partial charge in [-0.25, -0.2) is 4.79 Å². The molecule has 2 amide bonds. The van der Waals surface area contributed by atoms with Gasteiger partial charge in [0.2, 0.25) is 11.8 Å². The molecule has 0 unspecified atom stereocenters. The van der Waals surface area contributed by atoms with Crippen molar-refractivity contribution in [3.63, 3.8) is 0 Å². The van der Waals surface area contributed by atoms with Gasteiger partial charge in [-0.15, -0.1) is 0 Å². The van der Waals surface area contributed by atoms with Gasteiger partial charge in [-0.2, -0.15) is 0 Å². The fourth-order valence-corrected chi connectivity index (χ4v) is 1.22. The highest BCUT2D eigenvalue weighted by atomic mass is 16.5. The number of nitrogens with one attached hydrogen (secondary N) is 2. The number of benzene rings is 1. The van der Waals surface area contributed by atoms with Crippen LogP contribution in [0.2, 0.25) is 0 Å². The largest absolute Gasteiger partial charge is 0.482 e. The van der Waals surface area contributed by atoms with Crippen molar-refractivity contribution in [2.45, 2.75) is 6.92 Å². The van der Waals surface area contributed by atoms with Gasteiger partial charge in [0.15, 0.2) is 6.61 Å².